The van der Waals surface area contributed by atoms with Crippen LogP contribution in [0.4, 0.5) is 0 Å². The van der Waals surface area contributed by atoms with Gasteiger partial charge >= 0.3 is 0 Å². The van der Waals surface area contributed by atoms with Crippen LogP contribution in [0.1, 0.15) is 18.4 Å². The maximum Gasteiger partial charge on any atom is 0.138 e. The van der Waals surface area contributed by atoms with Crippen LogP contribution in [-0.4, -0.2) is 36.2 Å². The van der Waals surface area contributed by atoms with E-state index in [4.69, 9.17) is 23.2 Å². The molecule has 0 unspecified atom stereocenters. The standard InChI is InChI=1S/C13H18Cl2N2O/c1-17-4-2-11(3-5-17)16-8-9-6-10(14)7-12(15)13(9)18/h6-7,11,16,18H,2-5,8H2,1H3. The van der Waals surface area contributed by atoms with Crippen LogP contribution in [0.3, 0.4) is 0 Å². The van der Waals surface area contributed by atoms with Crippen molar-refractivity contribution in [2.75, 3.05) is 20.1 Å². The van der Waals surface area contributed by atoms with Gasteiger partial charge in [-0.15, -0.1) is 0 Å². The van der Waals surface area contributed by atoms with Crippen molar-refractivity contribution >= 4 is 23.2 Å². The second-order valence-electron chi connectivity index (χ2n) is 4.85. The number of piperidine rings is 1. The normalized spacial score (nSPS) is 18.2. The Morgan fingerprint density at radius 2 is 2.00 bits per heavy atom. The molecule has 1 aliphatic heterocycles. The molecule has 0 radical (unpaired) electrons. The van der Waals surface area contributed by atoms with Crippen LogP contribution < -0.4 is 5.32 Å². The fourth-order valence-corrected chi connectivity index (χ4v) is 2.76. The zero-order valence-corrected chi connectivity index (χ0v) is 11.9. The van der Waals surface area contributed by atoms with E-state index < -0.39 is 0 Å². The Kier molecular flexibility index (Phi) is 4.73. The van der Waals surface area contributed by atoms with Gasteiger partial charge < -0.3 is 15.3 Å². The molecule has 0 amide bonds. The first-order valence-electron chi connectivity index (χ1n) is 6.15. The second-order valence-corrected chi connectivity index (χ2v) is 5.70. The van der Waals surface area contributed by atoms with Gasteiger partial charge in [-0.1, -0.05) is 23.2 Å². The van der Waals surface area contributed by atoms with Crippen LogP contribution in [0, 0.1) is 0 Å². The van der Waals surface area contributed by atoms with Gasteiger partial charge in [0.1, 0.15) is 5.75 Å². The first-order chi connectivity index (χ1) is 8.56. The van der Waals surface area contributed by atoms with Crippen molar-refractivity contribution in [3.63, 3.8) is 0 Å². The summed E-state index contributed by atoms with van der Waals surface area (Å²) in [5.41, 5.74) is 0.756. The monoisotopic (exact) mass is 288 g/mol. The summed E-state index contributed by atoms with van der Waals surface area (Å²) >= 11 is 11.8. The number of rotatable bonds is 3. The zero-order chi connectivity index (χ0) is 13.1. The van der Waals surface area contributed by atoms with E-state index in [1.165, 1.54) is 0 Å². The summed E-state index contributed by atoms with van der Waals surface area (Å²) in [5.74, 6) is 0.126. The number of benzene rings is 1. The summed E-state index contributed by atoms with van der Waals surface area (Å²) in [7, 11) is 2.14. The van der Waals surface area contributed by atoms with Crippen LogP contribution in [0.2, 0.25) is 10.0 Å². The lowest BCUT2D eigenvalue weighted by atomic mass is 10.1. The van der Waals surface area contributed by atoms with Crippen molar-refractivity contribution < 1.29 is 5.11 Å². The average molecular weight is 289 g/mol. The third kappa shape index (κ3) is 3.51. The highest BCUT2D eigenvalue weighted by Gasteiger charge is 2.16. The Morgan fingerprint density at radius 3 is 2.67 bits per heavy atom. The summed E-state index contributed by atoms with van der Waals surface area (Å²) in [4.78, 5) is 2.33. The minimum atomic E-state index is 0.126. The molecule has 0 bridgehead atoms. The summed E-state index contributed by atoms with van der Waals surface area (Å²) in [5, 5.41) is 14.2. The van der Waals surface area contributed by atoms with Crippen LogP contribution >= 0.6 is 23.2 Å². The van der Waals surface area contributed by atoms with Gasteiger partial charge in [0.15, 0.2) is 0 Å². The number of hydrogen-bond acceptors (Lipinski definition) is 3. The van der Waals surface area contributed by atoms with Gasteiger partial charge in [0, 0.05) is 23.2 Å². The fourth-order valence-electron chi connectivity index (χ4n) is 2.22. The van der Waals surface area contributed by atoms with Crippen molar-refractivity contribution in [1.82, 2.24) is 10.2 Å². The minimum absolute atomic E-state index is 0.126. The first kappa shape index (κ1) is 13.9. The van der Waals surface area contributed by atoms with Gasteiger partial charge in [0.05, 0.1) is 5.02 Å². The van der Waals surface area contributed by atoms with E-state index in [1.807, 2.05) is 0 Å². The summed E-state index contributed by atoms with van der Waals surface area (Å²) in [6.07, 6.45) is 2.26. The molecule has 0 spiro atoms. The molecule has 1 aromatic carbocycles. The number of nitrogens with zero attached hydrogens (tertiary/aromatic N) is 1. The molecule has 5 heteroatoms. The number of halogens is 2. The molecule has 2 N–H and O–H groups in total. The molecule has 0 aliphatic carbocycles. The van der Waals surface area contributed by atoms with Crippen molar-refractivity contribution in [2.45, 2.75) is 25.4 Å². The molecule has 1 aliphatic rings. The molecular weight excluding hydrogens is 271 g/mol. The lowest BCUT2D eigenvalue weighted by Gasteiger charge is -2.29. The Hall–Kier alpha value is -0.480. The zero-order valence-electron chi connectivity index (χ0n) is 10.4. The van der Waals surface area contributed by atoms with Gasteiger partial charge in [0.25, 0.3) is 0 Å². The summed E-state index contributed by atoms with van der Waals surface area (Å²) in [6, 6.07) is 3.81. The van der Waals surface area contributed by atoms with Gasteiger partial charge in [0.2, 0.25) is 0 Å². The number of phenols is 1. The van der Waals surface area contributed by atoms with Crippen LogP contribution in [-0.2, 0) is 6.54 Å². The van der Waals surface area contributed by atoms with Gasteiger partial charge in [-0.3, -0.25) is 0 Å². The third-order valence-corrected chi connectivity index (χ3v) is 3.91. The maximum atomic E-state index is 9.85. The van der Waals surface area contributed by atoms with Gasteiger partial charge in [-0.05, 0) is 45.1 Å². The molecule has 0 atom stereocenters. The first-order valence-corrected chi connectivity index (χ1v) is 6.90. The highest BCUT2D eigenvalue weighted by atomic mass is 35.5. The quantitative estimate of drug-likeness (QED) is 0.898. The van der Waals surface area contributed by atoms with Crippen molar-refractivity contribution in [2.24, 2.45) is 0 Å². The minimum Gasteiger partial charge on any atom is -0.506 e. The molecule has 3 nitrogen and oxygen atoms in total. The van der Waals surface area contributed by atoms with Gasteiger partial charge in [-0.25, -0.2) is 0 Å². The van der Waals surface area contributed by atoms with E-state index in [-0.39, 0.29) is 5.75 Å². The number of nitrogens with one attached hydrogen (secondary N) is 1. The fraction of sp³-hybridized carbons (Fsp3) is 0.538. The van der Waals surface area contributed by atoms with E-state index >= 15 is 0 Å². The molecule has 18 heavy (non-hydrogen) atoms. The Balaban J connectivity index is 1.94. The Bertz CT molecular complexity index is 418. The largest absolute Gasteiger partial charge is 0.506 e. The number of hydrogen-bond donors (Lipinski definition) is 2. The average Bonchev–Trinajstić information content (AvgIpc) is 2.34. The second kappa shape index (κ2) is 6.11. The summed E-state index contributed by atoms with van der Waals surface area (Å²) in [6.45, 7) is 2.82. The highest BCUT2D eigenvalue weighted by molar-refractivity contribution is 6.35. The molecule has 1 saturated heterocycles. The molecule has 2 rings (SSSR count). The maximum absolute atomic E-state index is 9.85. The molecule has 1 heterocycles. The van der Waals surface area contributed by atoms with E-state index in [2.05, 4.69) is 17.3 Å². The van der Waals surface area contributed by atoms with E-state index in [0.29, 0.717) is 22.6 Å². The van der Waals surface area contributed by atoms with E-state index in [1.54, 1.807) is 12.1 Å². The van der Waals surface area contributed by atoms with Crippen molar-refractivity contribution in [3.8, 4) is 5.75 Å². The molecule has 100 valence electrons. The molecular formula is C13H18Cl2N2O. The SMILES string of the molecule is CN1CCC(NCc2cc(Cl)cc(Cl)c2O)CC1. The van der Waals surface area contributed by atoms with Crippen LogP contribution in [0.5, 0.6) is 5.75 Å². The number of aromatic hydroxyl groups is 1. The molecule has 0 aromatic heterocycles. The highest BCUT2D eigenvalue weighted by Crippen LogP contribution is 2.31. The Labute approximate surface area is 118 Å². The van der Waals surface area contributed by atoms with Crippen LogP contribution in [0.15, 0.2) is 12.1 Å². The Morgan fingerprint density at radius 1 is 1.33 bits per heavy atom. The summed E-state index contributed by atoms with van der Waals surface area (Å²) < 4.78 is 0. The number of phenolic OH excluding ortho intramolecular Hbond substituents is 1. The third-order valence-electron chi connectivity index (χ3n) is 3.41. The lowest BCUT2D eigenvalue weighted by Crippen LogP contribution is -2.40. The topological polar surface area (TPSA) is 35.5 Å². The molecule has 1 fully saturated rings. The van der Waals surface area contributed by atoms with Crippen LogP contribution in [0.25, 0.3) is 0 Å². The lowest BCUT2D eigenvalue weighted by molar-refractivity contribution is 0.233. The van der Waals surface area contributed by atoms with Crippen molar-refractivity contribution in [1.29, 1.82) is 0 Å². The predicted molar refractivity (Wildman–Crippen MR) is 75.5 cm³/mol. The molecule has 1 aromatic rings. The van der Waals surface area contributed by atoms with E-state index in [9.17, 15) is 5.11 Å². The smallest absolute Gasteiger partial charge is 0.138 e. The predicted octanol–water partition coefficient (Wildman–Crippen LogP) is 2.88. The van der Waals surface area contributed by atoms with E-state index in [0.717, 1.165) is 31.5 Å². The van der Waals surface area contributed by atoms with Crippen molar-refractivity contribution in [3.05, 3.63) is 27.7 Å². The number of likely N-dealkylation sites (tertiary alicyclic amines) is 1. The van der Waals surface area contributed by atoms with Gasteiger partial charge in [-0.2, -0.15) is 0 Å². The molecule has 0 saturated carbocycles.